The Bertz CT molecular complexity index is 925. The zero-order valence-electron chi connectivity index (χ0n) is 17.6. The molecule has 8 nitrogen and oxygen atoms in total. The molecule has 4 bridgehead atoms. The van der Waals surface area contributed by atoms with Gasteiger partial charge in [-0.25, -0.2) is 4.79 Å². The van der Waals surface area contributed by atoms with Crippen molar-refractivity contribution >= 4 is 22.1 Å². The Morgan fingerprint density at radius 2 is 1.31 bits per heavy atom. The number of hydrogen-bond donors (Lipinski definition) is 1. The zero-order chi connectivity index (χ0) is 26.7. The molecule has 1 N–H and O–H groups in total. The van der Waals surface area contributed by atoms with Crippen molar-refractivity contribution in [3.63, 3.8) is 0 Å². The van der Waals surface area contributed by atoms with E-state index in [1.807, 2.05) is 0 Å². The van der Waals surface area contributed by atoms with Crippen molar-refractivity contribution in [1.29, 1.82) is 0 Å². The average Bonchev–Trinajstić information content (AvgIpc) is 2.65. The predicted molar refractivity (Wildman–Crippen MR) is 94.9 cm³/mol. The first-order valence-electron chi connectivity index (χ1n) is 10.2. The molecular formula is C18H20F8O8S. The Morgan fingerprint density at radius 3 is 1.69 bits per heavy atom. The molecule has 0 aliphatic heterocycles. The van der Waals surface area contributed by atoms with Gasteiger partial charge in [0, 0.05) is 0 Å². The summed E-state index contributed by atoms with van der Waals surface area (Å²) in [7, 11) is -6.40. The third-order valence-corrected chi connectivity index (χ3v) is 7.41. The standard InChI is InChI=1S/C18H20F8O8S/c19-15(20,21)7-32-13(28)17(18(24,25)26,33-8-16(22,23)35(29,30)31)34-12(27)14-4-9-1-10(5-14)3-11(2-9)6-14/h9-11H,1-8H2,(H,29,30,31). The van der Waals surface area contributed by atoms with Gasteiger partial charge in [0.2, 0.25) is 0 Å². The summed E-state index contributed by atoms with van der Waals surface area (Å²) in [6.07, 6.45) is -9.43. The first kappa shape index (κ1) is 27.8. The van der Waals surface area contributed by atoms with E-state index in [0.29, 0.717) is 19.3 Å². The van der Waals surface area contributed by atoms with Crippen molar-refractivity contribution < 1.29 is 71.9 Å². The Hall–Kier alpha value is -1.75. The summed E-state index contributed by atoms with van der Waals surface area (Å²) in [5, 5.41) is -5.46. The molecule has 0 aromatic rings. The molecule has 1 atom stereocenters. The molecule has 0 radical (unpaired) electrons. The van der Waals surface area contributed by atoms with Crippen LogP contribution in [0.25, 0.3) is 0 Å². The lowest BCUT2D eigenvalue weighted by Gasteiger charge is -2.55. The highest BCUT2D eigenvalue weighted by Gasteiger charge is 2.71. The normalized spacial score (nSPS) is 30.6. The van der Waals surface area contributed by atoms with Crippen LogP contribution in [-0.4, -0.2) is 61.5 Å². The molecule has 4 rings (SSSR count). The minimum absolute atomic E-state index is 0.0472. The van der Waals surface area contributed by atoms with E-state index in [1.54, 1.807) is 0 Å². The van der Waals surface area contributed by atoms with E-state index in [0.717, 1.165) is 0 Å². The molecule has 4 fully saturated rings. The van der Waals surface area contributed by atoms with Crippen LogP contribution in [0.4, 0.5) is 35.1 Å². The van der Waals surface area contributed by atoms with Crippen LogP contribution in [0.3, 0.4) is 0 Å². The van der Waals surface area contributed by atoms with Gasteiger partial charge >= 0.3 is 45.5 Å². The number of esters is 2. The quantitative estimate of drug-likeness (QED) is 0.212. The predicted octanol–water partition coefficient (Wildman–Crippen LogP) is 3.61. The summed E-state index contributed by atoms with van der Waals surface area (Å²) in [6.45, 7) is -5.53. The summed E-state index contributed by atoms with van der Waals surface area (Å²) < 4.78 is 148. The van der Waals surface area contributed by atoms with Gasteiger partial charge in [0.25, 0.3) is 0 Å². The molecular weight excluding hydrogens is 528 g/mol. The lowest BCUT2D eigenvalue weighted by atomic mass is 9.49. The van der Waals surface area contributed by atoms with Crippen molar-refractivity contribution in [3.8, 4) is 0 Å². The van der Waals surface area contributed by atoms with Crippen molar-refractivity contribution in [2.45, 2.75) is 61.9 Å². The molecule has 1 unspecified atom stereocenters. The van der Waals surface area contributed by atoms with Gasteiger partial charge in [0.15, 0.2) is 6.61 Å². The summed E-state index contributed by atoms with van der Waals surface area (Å²) in [6, 6.07) is 0. The second-order valence-electron chi connectivity index (χ2n) is 9.29. The van der Waals surface area contributed by atoms with Crippen LogP contribution >= 0.6 is 0 Å². The van der Waals surface area contributed by atoms with Crippen LogP contribution in [0.5, 0.6) is 0 Å². The van der Waals surface area contributed by atoms with Crippen LogP contribution in [0, 0.1) is 23.2 Å². The molecule has 0 aromatic heterocycles. The minimum atomic E-state index is -6.40. The molecule has 35 heavy (non-hydrogen) atoms. The van der Waals surface area contributed by atoms with Crippen LogP contribution in [0.2, 0.25) is 0 Å². The van der Waals surface area contributed by atoms with Gasteiger partial charge in [-0.2, -0.15) is 43.5 Å². The van der Waals surface area contributed by atoms with Gasteiger partial charge in [-0.1, -0.05) is 0 Å². The SMILES string of the molecule is O=C(OC(OCC(F)(F)S(=O)(=O)O)(C(=O)OCC(F)(F)F)C(F)(F)F)C12CC3CC(CC(C3)C1)C2. The molecule has 202 valence electrons. The highest BCUT2D eigenvalue weighted by atomic mass is 32.2. The third-order valence-electron chi connectivity index (χ3n) is 6.54. The monoisotopic (exact) mass is 548 g/mol. The van der Waals surface area contributed by atoms with Crippen LogP contribution < -0.4 is 0 Å². The second-order valence-corrected chi connectivity index (χ2v) is 10.8. The van der Waals surface area contributed by atoms with E-state index in [1.165, 1.54) is 0 Å². The molecule has 4 aliphatic rings. The molecule has 0 aromatic carbocycles. The molecule has 4 aliphatic carbocycles. The lowest BCUT2D eigenvalue weighted by molar-refractivity contribution is -0.365. The van der Waals surface area contributed by atoms with Crippen LogP contribution in [-0.2, 0) is 33.9 Å². The van der Waals surface area contributed by atoms with Gasteiger partial charge in [0.1, 0.15) is 6.61 Å². The van der Waals surface area contributed by atoms with Gasteiger partial charge in [-0.15, -0.1) is 0 Å². The first-order chi connectivity index (χ1) is 15.7. The van der Waals surface area contributed by atoms with E-state index in [9.17, 15) is 53.1 Å². The maximum atomic E-state index is 14.0. The van der Waals surface area contributed by atoms with Crippen molar-refractivity contribution in [2.75, 3.05) is 13.2 Å². The van der Waals surface area contributed by atoms with Crippen LogP contribution in [0.1, 0.15) is 38.5 Å². The van der Waals surface area contributed by atoms with E-state index in [4.69, 9.17) is 4.55 Å². The fourth-order valence-corrected chi connectivity index (χ4v) is 5.70. The fraction of sp³-hybridized carbons (Fsp3) is 0.889. The fourth-order valence-electron chi connectivity index (χ4n) is 5.49. The Balaban J connectivity index is 1.97. The lowest BCUT2D eigenvalue weighted by Crippen LogP contribution is -2.62. The summed E-state index contributed by atoms with van der Waals surface area (Å²) >= 11 is 0. The first-order valence-corrected chi connectivity index (χ1v) is 11.7. The number of rotatable bonds is 8. The molecule has 4 saturated carbocycles. The van der Waals surface area contributed by atoms with Crippen LogP contribution in [0.15, 0.2) is 0 Å². The smallest absolute Gasteiger partial charge is 0.451 e. The maximum absolute atomic E-state index is 14.0. The number of halogens is 8. The summed E-state index contributed by atoms with van der Waals surface area (Å²) in [5.41, 5.74) is -1.56. The van der Waals surface area contributed by atoms with E-state index in [2.05, 4.69) is 14.2 Å². The van der Waals surface area contributed by atoms with Gasteiger partial charge < -0.3 is 14.2 Å². The molecule has 0 amide bonds. The van der Waals surface area contributed by atoms with E-state index < -0.39 is 64.1 Å². The maximum Gasteiger partial charge on any atom is 0.468 e. The highest BCUT2D eigenvalue weighted by Crippen LogP contribution is 2.61. The molecule has 0 heterocycles. The van der Waals surface area contributed by atoms with E-state index in [-0.39, 0.29) is 37.0 Å². The summed E-state index contributed by atoms with van der Waals surface area (Å²) in [5.74, 6) is -10.1. The average molecular weight is 548 g/mol. The number of carbonyl (C=O) groups excluding carboxylic acids is 2. The Kier molecular flexibility index (Phi) is 6.90. The number of hydrogen-bond acceptors (Lipinski definition) is 7. The highest BCUT2D eigenvalue weighted by molar-refractivity contribution is 7.86. The third kappa shape index (κ3) is 5.50. The van der Waals surface area contributed by atoms with E-state index >= 15 is 0 Å². The summed E-state index contributed by atoms with van der Waals surface area (Å²) in [4.78, 5) is 25.2. The number of carbonyl (C=O) groups is 2. The minimum Gasteiger partial charge on any atom is -0.451 e. The Labute approximate surface area is 193 Å². The van der Waals surface area contributed by atoms with Crippen molar-refractivity contribution in [1.82, 2.24) is 0 Å². The second kappa shape index (κ2) is 8.68. The number of alkyl halides is 8. The van der Waals surface area contributed by atoms with Gasteiger partial charge in [-0.3, -0.25) is 9.35 Å². The topological polar surface area (TPSA) is 116 Å². The van der Waals surface area contributed by atoms with Crippen molar-refractivity contribution in [2.24, 2.45) is 23.2 Å². The molecule has 0 spiro atoms. The largest absolute Gasteiger partial charge is 0.468 e. The zero-order valence-corrected chi connectivity index (χ0v) is 18.4. The van der Waals surface area contributed by atoms with Gasteiger partial charge in [0.05, 0.1) is 5.41 Å². The number of ether oxygens (including phenoxy) is 3. The van der Waals surface area contributed by atoms with Gasteiger partial charge in [-0.05, 0) is 56.3 Å². The Morgan fingerprint density at radius 1 is 0.857 bits per heavy atom. The van der Waals surface area contributed by atoms with Crippen molar-refractivity contribution in [3.05, 3.63) is 0 Å². The molecule has 0 saturated heterocycles. The molecule has 17 heteroatoms.